The minimum atomic E-state index is -1.02. The number of amides is 1. The van der Waals surface area contributed by atoms with Crippen molar-refractivity contribution in [3.63, 3.8) is 0 Å². The van der Waals surface area contributed by atoms with Crippen LogP contribution in [0.4, 0.5) is 0 Å². The lowest BCUT2D eigenvalue weighted by Crippen LogP contribution is -2.25. The van der Waals surface area contributed by atoms with Gasteiger partial charge in [-0.15, -0.1) is 11.3 Å². The topological polar surface area (TPSA) is 95.1 Å². The summed E-state index contributed by atoms with van der Waals surface area (Å²) in [7, 11) is 0. The number of nitrogens with zero attached hydrogens (tertiary/aromatic N) is 1. The number of carboxylic acid groups (broad SMARTS) is 1. The number of carbonyl (C=O) groups excluding carboxylic acids is 1. The number of aliphatic carboxylic acids is 1. The number of nitrogens with one attached hydrogen (secondary N) is 2. The largest absolute Gasteiger partial charge is 0.478 e. The highest BCUT2D eigenvalue weighted by Crippen LogP contribution is 2.19. The summed E-state index contributed by atoms with van der Waals surface area (Å²) in [5, 5.41) is 17.9. The number of carboxylic acids is 1. The summed E-state index contributed by atoms with van der Waals surface area (Å²) in [6.45, 7) is 1.86. The van der Waals surface area contributed by atoms with Crippen LogP contribution in [0.2, 0.25) is 0 Å². The molecule has 0 saturated carbocycles. The standard InChI is InChI=1S/C13H13N3O3S/c1-8(9-6-14-15-7-9)16-13(19)11-4-2-10(20-11)3-5-12(17)18/h2-8H,1H3,(H,14,15)(H,16,19)(H,17,18)/b5-3+. The van der Waals surface area contributed by atoms with Crippen LogP contribution in [0.15, 0.2) is 30.6 Å². The van der Waals surface area contributed by atoms with Gasteiger partial charge in [0.1, 0.15) is 0 Å². The molecule has 0 radical (unpaired) electrons. The van der Waals surface area contributed by atoms with Crippen LogP contribution in [0.25, 0.3) is 6.08 Å². The molecule has 0 spiro atoms. The van der Waals surface area contributed by atoms with Gasteiger partial charge in [0.25, 0.3) is 5.91 Å². The normalized spacial score (nSPS) is 12.4. The zero-order chi connectivity index (χ0) is 14.5. The number of aromatic amines is 1. The van der Waals surface area contributed by atoms with Gasteiger partial charge in [-0.3, -0.25) is 9.89 Å². The molecular weight excluding hydrogens is 278 g/mol. The van der Waals surface area contributed by atoms with E-state index in [2.05, 4.69) is 15.5 Å². The van der Waals surface area contributed by atoms with Crippen LogP contribution in [0.3, 0.4) is 0 Å². The molecule has 0 aliphatic carbocycles. The Morgan fingerprint density at radius 1 is 1.50 bits per heavy atom. The molecule has 2 rings (SSSR count). The summed E-state index contributed by atoms with van der Waals surface area (Å²) in [5.74, 6) is -1.21. The van der Waals surface area contributed by atoms with E-state index < -0.39 is 5.97 Å². The lowest BCUT2D eigenvalue weighted by Gasteiger charge is -2.10. The molecule has 1 amide bonds. The van der Waals surface area contributed by atoms with E-state index in [1.165, 1.54) is 17.4 Å². The van der Waals surface area contributed by atoms with Crippen molar-refractivity contribution in [3.8, 4) is 0 Å². The molecule has 2 heterocycles. The molecule has 20 heavy (non-hydrogen) atoms. The zero-order valence-corrected chi connectivity index (χ0v) is 11.5. The van der Waals surface area contributed by atoms with Crippen molar-refractivity contribution in [1.82, 2.24) is 15.5 Å². The van der Waals surface area contributed by atoms with Gasteiger partial charge in [-0.05, 0) is 25.1 Å². The van der Waals surface area contributed by atoms with E-state index in [4.69, 9.17) is 5.11 Å². The van der Waals surface area contributed by atoms with Crippen molar-refractivity contribution in [1.29, 1.82) is 0 Å². The average molecular weight is 291 g/mol. The van der Waals surface area contributed by atoms with Crippen LogP contribution in [0.5, 0.6) is 0 Å². The van der Waals surface area contributed by atoms with Crippen molar-refractivity contribution >= 4 is 29.3 Å². The number of thiophene rings is 1. The van der Waals surface area contributed by atoms with Crippen molar-refractivity contribution in [2.45, 2.75) is 13.0 Å². The predicted molar refractivity (Wildman–Crippen MR) is 75.5 cm³/mol. The Kier molecular flexibility index (Phi) is 4.31. The van der Waals surface area contributed by atoms with Crippen LogP contribution in [0, 0.1) is 0 Å². The smallest absolute Gasteiger partial charge is 0.328 e. The highest BCUT2D eigenvalue weighted by atomic mass is 32.1. The first-order chi connectivity index (χ1) is 9.56. The maximum Gasteiger partial charge on any atom is 0.328 e. The van der Waals surface area contributed by atoms with Gasteiger partial charge in [-0.1, -0.05) is 0 Å². The second-order valence-corrected chi connectivity index (χ2v) is 5.22. The number of carbonyl (C=O) groups is 2. The van der Waals surface area contributed by atoms with Crippen LogP contribution < -0.4 is 5.32 Å². The Morgan fingerprint density at radius 2 is 2.30 bits per heavy atom. The van der Waals surface area contributed by atoms with Gasteiger partial charge in [-0.25, -0.2) is 4.79 Å². The molecule has 2 aromatic heterocycles. The molecule has 0 fully saturated rings. The Balaban J connectivity index is 2.01. The lowest BCUT2D eigenvalue weighted by atomic mass is 10.2. The van der Waals surface area contributed by atoms with Gasteiger partial charge in [-0.2, -0.15) is 5.10 Å². The molecule has 0 saturated heterocycles. The van der Waals surface area contributed by atoms with E-state index in [0.29, 0.717) is 9.75 Å². The fraction of sp³-hybridized carbons (Fsp3) is 0.154. The van der Waals surface area contributed by atoms with Crippen LogP contribution >= 0.6 is 11.3 Å². The first-order valence-corrected chi connectivity index (χ1v) is 6.68. The summed E-state index contributed by atoms with van der Waals surface area (Å²) in [4.78, 5) is 23.7. The average Bonchev–Trinajstić information content (AvgIpc) is 3.07. The van der Waals surface area contributed by atoms with Crippen LogP contribution in [-0.4, -0.2) is 27.2 Å². The van der Waals surface area contributed by atoms with Crippen molar-refractivity contribution in [2.75, 3.05) is 0 Å². The van der Waals surface area contributed by atoms with Crippen LogP contribution in [-0.2, 0) is 4.79 Å². The molecule has 6 nitrogen and oxygen atoms in total. The second kappa shape index (κ2) is 6.16. The summed E-state index contributed by atoms with van der Waals surface area (Å²) in [6.07, 6.45) is 5.88. The van der Waals surface area contributed by atoms with Gasteiger partial charge in [0.05, 0.1) is 17.1 Å². The van der Waals surface area contributed by atoms with Gasteiger partial charge < -0.3 is 10.4 Å². The summed E-state index contributed by atoms with van der Waals surface area (Å²) in [5.41, 5.74) is 0.890. The fourth-order valence-corrected chi connectivity index (χ4v) is 2.38. The number of rotatable bonds is 5. The maximum absolute atomic E-state index is 12.0. The summed E-state index contributed by atoms with van der Waals surface area (Å²) < 4.78 is 0. The van der Waals surface area contributed by atoms with Crippen molar-refractivity contribution in [2.24, 2.45) is 0 Å². The minimum Gasteiger partial charge on any atom is -0.478 e. The van der Waals surface area contributed by atoms with Crippen LogP contribution in [0.1, 0.15) is 33.1 Å². The molecule has 0 aliphatic heterocycles. The SMILES string of the molecule is CC(NC(=O)c1ccc(/C=C/C(=O)O)s1)c1cn[nH]c1. The Hall–Kier alpha value is -2.41. The van der Waals surface area contributed by atoms with Gasteiger partial charge in [0, 0.05) is 22.7 Å². The monoisotopic (exact) mass is 291 g/mol. The number of aromatic nitrogens is 2. The van der Waals surface area contributed by atoms with Gasteiger partial charge >= 0.3 is 5.97 Å². The van der Waals surface area contributed by atoms with E-state index in [9.17, 15) is 9.59 Å². The number of hydrogen-bond donors (Lipinski definition) is 3. The third kappa shape index (κ3) is 3.55. The molecule has 3 N–H and O–H groups in total. The van der Waals surface area contributed by atoms with E-state index in [1.807, 2.05) is 6.92 Å². The van der Waals surface area contributed by atoms with E-state index in [0.717, 1.165) is 11.6 Å². The molecule has 0 bridgehead atoms. The Labute approximate surface area is 119 Å². The van der Waals surface area contributed by atoms with Gasteiger partial charge in [0.15, 0.2) is 0 Å². The quantitative estimate of drug-likeness (QED) is 0.735. The third-order valence-electron chi connectivity index (χ3n) is 2.61. The highest BCUT2D eigenvalue weighted by molar-refractivity contribution is 7.14. The zero-order valence-electron chi connectivity index (χ0n) is 10.7. The number of hydrogen-bond acceptors (Lipinski definition) is 4. The molecule has 104 valence electrons. The second-order valence-electron chi connectivity index (χ2n) is 4.10. The van der Waals surface area contributed by atoms with E-state index >= 15 is 0 Å². The van der Waals surface area contributed by atoms with Crippen molar-refractivity contribution in [3.05, 3.63) is 45.9 Å². The highest BCUT2D eigenvalue weighted by Gasteiger charge is 2.13. The third-order valence-corrected chi connectivity index (χ3v) is 3.66. The molecule has 0 aliphatic rings. The molecule has 1 atom stereocenters. The Morgan fingerprint density at radius 3 is 2.95 bits per heavy atom. The first-order valence-electron chi connectivity index (χ1n) is 5.86. The van der Waals surface area contributed by atoms with Crippen molar-refractivity contribution < 1.29 is 14.7 Å². The fourth-order valence-electron chi connectivity index (χ4n) is 1.57. The van der Waals surface area contributed by atoms with Gasteiger partial charge in [0.2, 0.25) is 0 Å². The molecule has 1 unspecified atom stereocenters. The van der Waals surface area contributed by atoms with E-state index in [-0.39, 0.29) is 11.9 Å². The summed E-state index contributed by atoms with van der Waals surface area (Å²) in [6, 6.07) is 3.23. The molecule has 2 aromatic rings. The number of H-pyrrole nitrogens is 1. The molecule has 7 heteroatoms. The molecule has 0 aromatic carbocycles. The Bertz CT molecular complexity index is 631. The maximum atomic E-state index is 12.0. The predicted octanol–water partition coefficient (Wildman–Crippen LogP) is 2.06. The van der Waals surface area contributed by atoms with E-state index in [1.54, 1.807) is 24.5 Å². The minimum absolute atomic E-state index is 0.152. The first kappa shape index (κ1) is 14.0. The lowest BCUT2D eigenvalue weighted by molar-refractivity contribution is -0.131. The molecular formula is C13H13N3O3S. The summed E-state index contributed by atoms with van der Waals surface area (Å²) >= 11 is 1.24.